The molecule has 0 bridgehead atoms. The van der Waals surface area contributed by atoms with Crippen LogP contribution in [0.2, 0.25) is 0 Å². The molecule has 0 unspecified atom stereocenters. The highest BCUT2D eigenvalue weighted by atomic mass is 35.5. The summed E-state index contributed by atoms with van der Waals surface area (Å²) in [5, 5.41) is 0. The van der Waals surface area contributed by atoms with Gasteiger partial charge in [-0.25, -0.2) is 4.79 Å². The zero-order chi connectivity index (χ0) is 15.8. The van der Waals surface area contributed by atoms with E-state index < -0.39 is 0 Å². The number of ether oxygens (including phenoxy) is 1. The van der Waals surface area contributed by atoms with Crippen molar-refractivity contribution < 1.29 is 14.3 Å². The number of alkyl halides is 1. The number of carbonyl (C=O) groups is 2. The molecule has 22 heavy (non-hydrogen) atoms. The first-order valence-corrected chi connectivity index (χ1v) is 8.03. The van der Waals surface area contributed by atoms with Crippen LogP contribution >= 0.6 is 11.6 Å². The fraction of sp³-hybridized carbons (Fsp3) is 0.500. The largest absolute Gasteiger partial charge is 0.448 e. The summed E-state index contributed by atoms with van der Waals surface area (Å²) in [5.74, 6) is 0.432. The summed E-state index contributed by atoms with van der Waals surface area (Å²) in [4.78, 5) is 27.3. The number of nitrogens with zero attached hydrogens (tertiary/aromatic N) is 2. The van der Waals surface area contributed by atoms with E-state index in [4.69, 9.17) is 16.3 Å². The number of hydrogen-bond acceptors (Lipinski definition) is 3. The smallest absolute Gasteiger partial charge is 0.409 e. The topological polar surface area (TPSA) is 49.9 Å². The van der Waals surface area contributed by atoms with Gasteiger partial charge in [0.15, 0.2) is 0 Å². The van der Waals surface area contributed by atoms with Crippen molar-refractivity contribution in [1.29, 1.82) is 0 Å². The predicted octanol–water partition coefficient (Wildman–Crippen LogP) is 2.14. The number of rotatable bonds is 5. The van der Waals surface area contributed by atoms with Gasteiger partial charge in [-0.2, -0.15) is 0 Å². The van der Waals surface area contributed by atoms with Gasteiger partial charge in [-0.05, 0) is 12.0 Å². The van der Waals surface area contributed by atoms with Crippen LogP contribution in [0.15, 0.2) is 30.3 Å². The lowest BCUT2D eigenvalue weighted by Crippen LogP contribution is -2.50. The zero-order valence-corrected chi connectivity index (χ0v) is 13.3. The molecule has 0 atom stereocenters. The van der Waals surface area contributed by atoms with Crippen LogP contribution in [0.25, 0.3) is 0 Å². The number of benzene rings is 1. The maximum atomic E-state index is 12.2. The highest BCUT2D eigenvalue weighted by Gasteiger charge is 2.24. The van der Waals surface area contributed by atoms with Crippen molar-refractivity contribution in [3.8, 4) is 0 Å². The van der Waals surface area contributed by atoms with Crippen LogP contribution in [0.1, 0.15) is 12.0 Å². The molecular formula is C16H21ClN2O3. The standard InChI is InChI=1S/C16H21ClN2O3/c17-8-13-22-16(21)19-11-9-18(10-12-19)15(20)7-6-14-4-2-1-3-5-14/h1-5H,6-13H2. The minimum Gasteiger partial charge on any atom is -0.448 e. The molecule has 0 saturated carbocycles. The minimum absolute atomic E-state index is 0.137. The highest BCUT2D eigenvalue weighted by Crippen LogP contribution is 2.08. The van der Waals surface area contributed by atoms with Crippen molar-refractivity contribution in [3.05, 3.63) is 35.9 Å². The molecule has 1 aliphatic rings. The van der Waals surface area contributed by atoms with Crippen LogP contribution in [-0.2, 0) is 16.0 Å². The van der Waals surface area contributed by atoms with Crippen LogP contribution in [0, 0.1) is 0 Å². The second-order valence-corrected chi connectivity index (χ2v) is 5.53. The van der Waals surface area contributed by atoms with Crippen molar-refractivity contribution in [1.82, 2.24) is 9.80 Å². The number of aryl methyl sites for hydroxylation is 1. The maximum Gasteiger partial charge on any atom is 0.409 e. The molecule has 0 aromatic heterocycles. The van der Waals surface area contributed by atoms with Crippen LogP contribution in [0.3, 0.4) is 0 Å². The first-order valence-electron chi connectivity index (χ1n) is 7.50. The van der Waals surface area contributed by atoms with Gasteiger partial charge in [-0.1, -0.05) is 30.3 Å². The highest BCUT2D eigenvalue weighted by molar-refractivity contribution is 6.18. The Bertz CT molecular complexity index is 487. The third-order valence-corrected chi connectivity index (χ3v) is 3.82. The van der Waals surface area contributed by atoms with E-state index in [1.54, 1.807) is 4.90 Å². The van der Waals surface area contributed by atoms with Crippen molar-refractivity contribution in [3.63, 3.8) is 0 Å². The quantitative estimate of drug-likeness (QED) is 0.780. The average Bonchev–Trinajstić information content (AvgIpc) is 2.58. The third-order valence-electron chi connectivity index (χ3n) is 3.66. The number of piperazine rings is 1. The Morgan fingerprint density at radius 3 is 2.32 bits per heavy atom. The molecule has 1 heterocycles. The molecule has 1 saturated heterocycles. The van der Waals surface area contributed by atoms with Gasteiger partial charge in [0.25, 0.3) is 0 Å². The molecule has 120 valence electrons. The summed E-state index contributed by atoms with van der Waals surface area (Å²) in [7, 11) is 0. The summed E-state index contributed by atoms with van der Waals surface area (Å²) in [6.07, 6.45) is 0.898. The number of halogens is 1. The molecule has 2 amide bonds. The first-order chi connectivity index (χ1) is 10.7. The monoisotopic (exact) mass is 324 g/mol. The van der Waals surface area contributed by atoms with E-state index in [1.807, 2.05) is 35.2 Å². The normalized spacial score (nSPS) is 14.8. The van der Waals surface area contributed by atoms with Gasteiger partial charge in [0.1, 0.15) is 6.61 Å². The number of carbonyl (C=O) groups excluding carboxylic acids is 2. The molecule has 0 aliphatic carbocycles. The molecular weight excluding hydrogens is 304 g/mol. The van der Waals surface area contributed by atoms with Crippen LogP contribution in [-0.4, -0.2) is 60.5 Å². The second-order valence-electron chi connectivity index (χ2n) is 5.16. The Morgan fingerprint density at radius 2 is 1.68 bits per heavy atom. The van der Waals surface area contributed by atoms with Crippen LogP contribution in [0.5, 0.6) is 0 Å². The fourth-order valence-electron chi connectivity index (χ4n) is 2.41. The van der Waals surface area contributed by atoms with Gasteiger partial charge in [0.05, 0.1) is 5.88 Å². The second kappa shape index (κ2) is 8.63. The summed E-state index contributed by atoms with van der Waals surface area (Å²) >= 11 is 5.49. The fourth-order valence-corrected chi connectivity index (χ4v) is 2.49. The van der Waals surface area contributed by atoms with E-state index >= 15 is 0 Å². The van der Waals surface area contributed by atoms with Crippen molar-refractivity contribution in [2.45, 2.75) is 12.8 Å². The first kappa shape index (κ1) is 16.6. The molecule has 2 rings (SSSR count). The SMILES string of the molecule is O=C(CCc1ccccc1)N1CCN(C(=O)OCCCl)CC1. The van der Waals surface area contributed by atoms with Gasteiger partial charge in [0.2, 0.25) is 5.91 Å². The summed E-state index contributed by atoms with van der Waals surface area (Å²) in [6.45, 7) is 2.36. The molecule has 1 aliphatic heterocycles. The Kier molecular flexibility index (Phi) is 6.52. The lowest BCUT2D eigenvalue weighted by Gasteiger charge is -2.34. The van der Waals surface area contributed by atoms with E-state index in [0.717, 1.165) is 6.42 Å². The number of hydrogen-bond donors (Lipinski definition) is 0. The molecule has 0 radical (unpaired) electrons. The minimum atomic E-state index is -0.350. The Balaban J connectivity index is 1.72. The maximum absolute atomic E-state index is 12.2. The molecule has 5 nitrogen and oxygen atoms in total. The Hall–Kier alpha value is -1.75. The van der Waals surface area contributed by atoms with Gasteiger partial charge >= 0.3 is 6.09 Å². The Labute approximate surface area is 135 Å². The number of amides is 2. The predicted molar refractivity (Wildman–Crippen MR) is 85.0 cm³/mol. The van der Waals surface area contributed by atoms with Crippen molar-refractivity contribution in [2.75, 3.05) is 38.7 Å². The Morgan fingerprint density at radius 1 is 1.05 bits per heavy atom. The van der Waals surface area contributed by atoms with E-state index in [-0.39, 0.29) is 18.6 Å². The summed E-state index contributed by atoms with van der Waals surface area (Å²) < 4.78 is 4.98. The molecule has 1 aromatic rings. The van der Waals surface area contributed by atoms with Gasteiger partial charge in [0, 0.05) is 32.6 Å². The van der Waals surface area contributed by atoms with Crippen LogP contribution in [0.4, 0.5) is 4.79 Å². The molecule has 0 N–H and O–H groups in total. The van der Waals surface area contributed by atoms with Crippen LogP contribution < -0.4 is 0 Å². The van der Waals surface area contributed by atoms with Crippen molar-refractivity contribution >= 4 is 23.6 Å². The molecule has 1 aromatic carbocycles. The van der Waals surface area contributed by atoms with E-state index in [0.29, 0.717) is 38.5 Å². The average molecular weight is 325 g/mol. The summed E-state index contributed by atoms with van der Waals surface area (Å²) in [5.41, 5.74) is 1.17. The van der Waals surface area contributed by atoms with Crippen molar-refractivity contribution in [2.24, 2.45) is 0 Å². The van der Waals surface area contributed by atoms with Gasteiger partial charge in [-0.3, -0.25) is 4.79 Å². The van der Waals surface area contributed by atoms with Gasteiger partial charge < -0.3 is 14.5 Å². The molecule has 6 heteroatoms. The van der Waals surface area contributed by atoms with Gasteiger partial charge in [-0.15, -0.1) is 11.6 Å². The lowest BCUT2D eigenvalue weighted by molar-refractivity contribution is -0.132. The zero-order valence-electron chi connectivity index (χ0n) is 12.5. The van der Waals surface area contributed by atoms with E-state index in [1.165, 1.54) is 5.56 Å². The molecule has 1 fully saturated rings. The summed E-state index contributed by atoms with van der Waals surface area (Å²) in [6, 6.07) is 9.97. The van der Waals surface area contributed by atoms with E-state index in [9.17, 15) is 9.59 Å². The molecule has 0 spiro atoms. The van der Waals surface area contributed by atoms with E-state index in [2.05, 4.69) is 0 Å². The lowest BCUT2D eigenvalue weighted by atomic mass is 10.1. The third kappa shape index (κ3) is 4.91.